The second-order valence-corrected chi connectivity index (χ2v) is 2.29. The number of hydrogen-bond donors (Lipinski definition) is 2. The molecule has 3 heteroatoms. The van der Waals surface area contributed by atoms with Crippen LogP contribution in [-0.4, -0.2) is 17.2 Å². The van der Waals surface area contributed by atoms with E-state index in [-0.39, 0.29) is 0 Å². The molecule has 0 heterocycles. The monoisotopic (exact) mass is 171 g/mol. The molecule has 1 aliphatic carbocycles. The molecule has 2 N–H and O–H groups in total. The summed E-state index contributed by atoms with van der Waals surface area (Å²) in [5.74, 6) is -2.58. The molecule has 2 nitrogen and oxygen atoms in total. The Kier molecular flexibility index (Phi) is 0.632. The summed E-state index contributed by atoms with van der Waals surface area (Å²) in [5, 5.41) is 18.2. The highest BCUT2D eigenvalue weighted by molar-refractivity contribution is 6.58. The van der Waals surface area contributed by atoms with Gasteiger partial charge in [0, 0.05) is 6.85 Å². The normalized spacial score (nSPS) is 38.0. The lowest BCUT2D eigenvalue weighted by atomic mass is 9.80. The highest BCUT2D eigenvalue weighted by atomic mass is 16.4. The van der Waals surface area contributed by atoms with Crippen LogP contribution in [0.25, 0.3) is 0 Å². The van der Waals surface area contributed by atoms with Crippen molar-refractivity contribution in [2.45, 2.75) is 18.6 Å². The van der Waals surface area contributed by atoms with Crippen molar-refractivity contribution in [3.63, 3.8) is 0 Å². The number of benzene rings is 1. The van der Waals surface area contributed by atoms with Crippen LogP contribution in [0.2, 0.25) is 0 Å². The van der Waals surface area contributed by atoms with E-state index in [0.717, 1.165) is 0 Å². The third-order valence-corrected chi connectivity index (χ3v) is 1.40. The van der Waals surface area contributed by atoms with Crippen LogP contribution < -0.4 is 5.46 Å². The molecule has 1 fully saturated rings. The predicted octanol–water partition coefficient (Wildman–Crippen LogP) is 0.244. The van der Waals surface area contributed by atoms with E-state index in [1.165, 1.54) is 0 Å². The van der Waals surface area contributed by atoms with Gasteiger partial charge < -0.3 is 10.0 Å². The van der Waals surface area contributed by atoms with E-state index in [0.29, 0.717) is 0 Å². The molecule has 1 aromatic carbocycles. The van der Waals surface area contributed by atoms with Gasteiger partial charge in [-0.15, -0.1) is 0 Å². The Morgan fingerprint density at radius 1 is 1.42 bits per heavy atom. The number of hydrogen-bond acceptors (Lipinski definition) is 2. The van der Waals surface area contributed by atoms with Crippen molar-refractivity contribution in [2.24, 2.45) is 0 Å². The fourth-order valence-electron chi connectivity index (χ4n) is 0.733. The largest absolute Gasteiger partial charge is 0.488 e. The van der Waals surface area contributed by atoms with E-state index in [1.54, 1.807) is 0 Å². The smallest absolute Gasteiger partial charge is 0.423 e. The molecule has 0 atom stereocenters. The molecule has 0 radical (unpaired) electrons. The summed E-state index contributed by atoms with van der Waals surface area (Å²) in [5.41, 5.74) is -1.42. The molecule has 1 saturated carbocycles. The minimum atomic E-state index is -2.68. The fraction of sp³-hybridized carbons (Fsp3) is 0.333. The topological polar surface area (TPSA) is 40.5 Å². The zero-order valence-electron chi connectivity index (χ0n) is 15.0. The van der Waals surface area contributed by atoms with Gasteiger partial charge in [0.15, 0.2) is 0 Å². The Morgan fingerprint density at radius 3 is 2.42 bits per heavy atom. The van der Waals surface area contributed by atoms with Gasteiger partial charge in [-0.3, -0.25) is 0 Å². The van der Waals surface area contributed by atoms with Crippen molar-refractivity contribution in [3.8, 4) is 0 Å². The minimum Gasteiger partial charge on any atom is -0.423 e. The molecule has 0 aromatic heterocycles. The van der Waals surface area contributed by atoms with Crippen LogP contribution in [0.4, 0.5) is 0 Å². The quantitative estimate of drug-likeness (QED) is 0.626. The first kappa shape index (κ1) is 2.60. The van der Waals surface area contributed by atoms with Crippen LogP contribution in [0.1, 0.15) is 36.5 Å². The summed E-state index contributed by atoms with van der Waals surface area (Å²) in [7, 11) is -2.26. The van der Waals surface area contributed by atoms with Crippen LogP contribution in [-0.2, 0) is 0 Å². The van der Waals surface area contributed by atoms with Crippen molar-refractivity contribution < 1.29 is 22.4 Å². The fourth-order valence-corrected chi connectivity index (χ4v) is 0.733. The molecule has 1 aliphatic rings. The first-order valence-corrected chi connectivity index (χ1v) is 3.31. The molecule has 0 aliphatic heterocycles. The average molecular weight is 171 g/mol. The molecule has 0 spiro atoms. The summed E-state index contributed by atoms with van der Waals surface area (Å²) in [6.45, 7) is 0. The second-order valence-electron chi connectivity index (χ2n) is 2.29. The van der Waals surface area contributed by atoms with Gasteiger partial charge in [0.25, 0.3) is 0 Å². The summed E-state index contributed by atoms with van der Waals surface area (Å²) in [6.07, 6.45) is -5.35. The summed E-state index contributed by atoms with van der Waals surface area (Å²) in [4.78, 5) is 0. The van der Waals surface area contributed by atoms with Gasteiger partial charge in [-0.25, -0.2) is 0 Å². The lowest BCUT2D eigenvalue weighted by Gasteiger charge is -2.00. The van der Waals surface area contributed by atoms with Gasteiger partial charge in [0.1, 0.15) is 0 Å². The molecule has 62 valence electrons. The van der Waals surface area contributed by atoms with E-state index in [4.69, 9.17) is 22.4 Å². The Balaban J connectivity index is 2.81. The molecule has 0 amide bonds. The first-order chi connectivity index (χ1) is 9.34. The molecule has 0 bridgehead atoms. The molecule has 12 heavy (non-hydrogen) atoms. The molecule has 0 saturated heterocycles. The lowest BCUT2D eigenvalue weighted by Crippen LogP contribution is -2.29. The minimum absolute atomic E-state index is 0.695. The van der Waals surface area contributed by atoms with E-state index in [2.05, 4.69) is 0 Å². The maximum Gasteiger partial charge on any atom is 0.488 e. The first-order valence-electron chi connectivity index (χ1n) is 7.81. The highest BCUT2D eigenvalue weighted by Crippen LogP contribution is 2.39. The van der Waals surface area contributed by atoms with Crippen molar-refractivity contribution >= 4 is 12.6 Å². The van der Waals surface area contributed by atoms with E-state index in [1.807, 2.05) is 0 Å². The molecule has 2 rings (SSSR count). The van der Waals surface area contributed by atoms with E-state index >= 15 is 0 Å². The summed E-state index contributed by atoms with van der Waals surface area (Å²) >= 11 is 0. The van der Waals surface area contributed by atoms with Crippen molar-refractivity contribution in [1.29, 1.82) is 0 Å². The Labute approximate surface area is 84.6 Å². The Bertz CT molecular complexity index is 587. The van der Waals surface area contributed by atoms with Gasteiger partial charge >= 0.3 is 7.12 Å². The van der Waals surface area contributed by atoms with E-state index in [9.17, 15) is 0 Å². The lowest BCUT2D eigenvalue weighted by molar-refractivity contribution is 0.426. The van der Waals surface area contributed by atoms with Crippen LogP contribution in [0.5, 0.6) is 0 Å². The van der Waals surface area contributed by atoms with Gasteiger partial charge in [-0.1, -0.05) is 24.2 Å². The summed E-state index contributed by atoms with van der Waals surface area (Å²) < 4.78 is 68.8. The van der Waals surface area contributed by atoms with Crippen LogP contribution in [0.3, 0.4) is 0 Å². The van der Waals surface area contributed by atoms with Gasteiger partial charge in [0.2, 0.25) is 0 Å². The second kappa shape index (κ2) is 2.92. The Hall–Kier alpha value is -0.795. The van der Waals surface area contributed by atoms with Crippen LogP contribution >= 0.6 is 0 Å². The molecule has 1 aromatic rings. The molecule has 0 unspecified atom stereocenters. The third kappa shape index (κ3) is 1.52. The van der Waals surface area contributed by atoms with Crippen LogP contribution in [0, 0.1) is 0 Å². The summed E-state index contributed by atoms with van der Waals surface area (Å²) in [6, 6.07) is -3.35. The van der Waals surface area contributed by atoms with Gasteiger partial charge in [0.05, 0.1) is 5.48 Å². The van der Waals surface area contributed by atoms with Gasteiger partial charge in [-0.2, -0.15) is 0 Å². The average Bonchev–Trinajstić information content (AvgIpc) is 2.65. The highest BCUT2D eigenvalue weighted by Gasteiger charge is 2.23. The van der Waals surface area contributed by atoms with Crippen molar-refractivity contribution in [3.05, 3.63) is 29.7 Å². The maximum absolute atomic E-state index is 9.10. The van der Waals surface area contributed by atoms with Crippen LogP contribution in [0.15, 0.2) is 24.2 Å². The SMILES string of the molecule is [2H]c1c([2H])c(C2([2H])C([2H])([2H])C2([2H])[2H])c([2H])c([2H])c1B(O)O. The zero-order valence-corrected chi connectivity index (χ0v) is 5.97. The molecular weight excluding hydrogens is 151 g/mol. The predicted molar refractivity (Wildman–Crippen MR) is 48.2 cm³/mol. The standard InChI is InChI=1S/C9H11BO2/c11-10(12)9-5-3-8(4-6-9)7-1-2-7/h3-7,11-12H,1-2H2/i1D2,2D2,3D,4D,5D,6D,7D. The zero-order chi connectivity index (χ0) is 16.5. The third-order valence-electron chi connectivity index (χ3n) is 1.40. The van der Waals surface area contributed by atoms with Crippen molar-refractivity contribution in [1.82, 2.24) is 0 Å². The number of rotatable bonds is 2. The Morgan fingerprint density at radius 2 is 2.00 bits per heavy atom. The van der Waals surface area contributed by atoms with E-state index < -0.39 is 61.0 Å². The van der Waals surface area contributed by atoms with Crippen molar-refractivity contribution in [2.75, 3.05) is 0 Å². The maximum atomic E-state index is 9.10. The van der Waals surface area contributed by atoms with Gasteiger partial charge in [-0.05, 0) is 29.7 Å². The molecular formula is C9H11BO2.